The van der Waals surface area contributed by atoms with Gasteiger partial charge in [-0.15, -0.1) is 0 Å². The first-order valence-corrected chi connectivity index (χ1v) is 7.18. The van der Waals surface area contributed by atoms with Gasteiger partial charge in [0.05, 0.1) is 11.5 Å². The molecular formula is C17H12F3NO3. The van der Waals surface area contributed by atoms with Crippen LogP contribution in [0.3, 0.4) is 0 Å². The van der Waals surface area contributed by atoms with Gasteiger partial charge in [0.2, 0.25) is 5.78 Å². The molecule has 0 bridgehead atoms. The zero-order valence-corrected chi connectivity index (χ0v) is 12.3. The summed E-state index contributed by atoms with van der Waals surface area (Å²) >= 11 is 0. The van der Waals surface area contributed by atoms with Crippen LogP contribution >= 0.6 is 0 Å². The molecule has 0 amide bonds. The first-order valence-electron chi connectivity index (χ1n) is 7.18. The maximum Gasteiger partial charge on any atom is 0.416 e. The highest BCUT2D eigenvalue weighted by Gasteiger charge is 2.72. The van der Waals surface area contributed by atoms with Crippen LogP contribution in [0.5, 0.6) is 0 Å². The predicted octanol–water partition coefficient (Wildman–Crippen LogP) is 4.09. The van der Waals surface area contributed by atoms with Crippen LogP contribution in [0.1, 0.15) is 33.8 Å². The average Bonchev–Trinajstić information content (AvgIpc) is 3.31. The Hall–Kier alpha value is -2.70. The molecular weight excluding hydrogens is 323 g/mol. The number of carbonyl (C=O) groups is 1. The predicted molar refractivity (Wildman–Crippen MR) is 79.3 cm³/mol. The van der Waals surface area contributed by atoms with Gasteiger partial charge >= 0.3 is 6.18 Å². The summed E-state index contributed by atoms with van der Waals surface area (Å²) in [6.45, 7) is 0. The van der Waals surface area contributed by atoms with E-state index in [4.69, 9.17) is 0 Å². The third-order valence-corrected chi connectivity index (χ3v) is 4.33. The summed E-state index contributed by atoms with van der Waals surface area (Å²) in [7, 11) is 0. The third kappa shape index (κ3) is 2.55. The molecule has 3 rings (SSSR count). The average molecular weight is 335 g/mol. The van der Waals surface area contributed by atoms with Crippen LogP contribution in [-0.2, 0) is 6.18 Å². The molecule has 24 heavy (non-hydrogen) atoms. The highest BCUT2D eigenvalue weighted by molar-refractivity contribution is 6.05. The lowest BCUT2D eigenvalue weighted by Crippen LogP contribution is -2.34. The van der Waals surface area contributed by atoms with Gasteiger partial charge in [-0.2, -0.15) is 13.2 Å². The van der Waals surface area contributed by atoms with Gasteiger partial charge in [0.15, 0.2) is 0 Å². The zero-order valence-electron chi connectivity index (χ0n) is 12.3. The van der Waals surface area contributed by atoms with Crippen molar-refractivity contribution in [2.75, 3.05) is 0 Å². The quantitative estimate of drug-likeness (QED) is 0.480. The standard InChI is InChI=1S/C17H12F3NO3/c18-17(19,20)13-8-6-12(7-9-13)15(22)16(21(23)24)10-14(16)11-4-2-1-3-5-11/h1-9,14H,10H2/t14-,16-/m0/s1. The molecule has 2 aromatic carbocycles. The highest BCUT2D eigenvalue weighted by atomic mass is 19.4. The topological polar surface area (TPSA) is 60.2 Å². The summed E-state index contributed by atoms with van der Waals surface area (Å²) in [6.07, 6.45) is -4.47. The normalized spacial score (nSPS) is 22.9. The maximum absolute atomic E-state index is 12.6. The van der Waals surface area contributed by atoms with E-state index in [0.29, 0.717) is 5.56 Å². The number of nitro groups is 1. The molecule has 1 aliphatic carbocycles. The molecule has 0 aromatic heterocycles. The number of rotatable bonds is 4. The SMILES string of the molecule is O=C(c1ccc(C(F)(F)F)cc1)[C@]1([N+](=O)[O-])C[C@H]1c1ccccc1. The lowest BCUT2D eigenvalue weighted by atomic mass is 9.97. The van der Waals surface area contributed by atoms with Gasteiger partial charge in [0, 0.05) is 16.9 Å². The van der Waals surface area contributed by atoms with E-state index < -0.39 is 33.9 Å². The van der Waals surface area contributed by atoms with Crippen LogP contribution in [0.15, 0.2) is 54.6 Å². The third-order valence-electron chi connectivity index (χ3n) is 4.33. The molecule has 0 aliphatic heterocycles. The van der Waals surface area contributed by atoms with Crippen LogP contribution in [0.2, 0.25) is 0 Å². The lowest BCUT2D eigenvalue weighted by molar-refractivity contribution is -0.521. The maximum atomic E-state index is 12.6. The molecule has 7 heteroatoms. The summed E-state index contributed by atoms with van der Waals surface area (Å²) < 4.78 is 37.8. The van der Waals surface area contributed by atoms with E-state index in [1.54, 1.807) is 30.3 Å². The summed E-state index contributed by atoms with van der Waals surface area (Å²) in [5.74, 6) is -1.32. The van der Waals surface area contributed by atoms with Gasteiger partial charge in [-0.1, -0.05) is 42.5 Å². The van der Waals surface area contributed by atoms with Crippen molar-refractivity contribution in [2.45, 2.75) is 24.1 Å². The van der Waals surface area contributed by atoms with Crippen molar-refractivity contribution in [2.24, 2.45) is 0 Å². The zero-order chi connectivity index (χ0) is 17.5. The number of halogens is 3. The van der Waals surface area contributed by atoms with Crippen molar-refractivity contribution in [3.8, 4) is 0 Å². The van der Waals surface area contributed by atoms with Gasteiger partial charge < -0.3 is 0 Å². The van der Waals surface area contributed by atoms with Crippen LogP contribution in [-0.4, -0.2) is 16.2 Å². The monoisotopic (exact) mass is 335 g/mol. The molecule has 1 aliphatic rings. The molecule has 0 heterocycles. The fraction of sp³-hybridized carbons (Fsp3) is 0.235. The molecule has 1 fully saturated rings. The Balaban J connectivity index is 1.91. The first kappa shape index (κ1) is 16.2. The van der Waals surface area contributed by atoms with E-state index in [9.17, 15) is 28.1 Å². The van der Waals surface area contributed by atoms with Crippen LogP contribution in [0.25, 0.3) is 0 Å². The van der Waals surface area contributed by atoms with Gasteiger partial charge in [0.25, 0.3) is 5.54 Å². The minimum atomic E-state index is -4.52. The minimum Gasteiger partial charge on any atom is -0.286 e. The second-order valence-electron chi connectivity index (χ2n) is 5.75. The van der Waals surface area contributed by atoms with E-state index in [1.165, 1.54) is 0 Å². The van der Waals surface area contributed by atoms with E-state index in [-0.39, 0.29) is 12.0 Å². The van der Waals surface area contributed by atoms with Crippen molar-refractivity contribution < 1.29 is 22.9 Å². The van der Waals surface area contributed by atoms with Crippen LogP contribution in [0, 0.1) is 10.1 Å². The second kappa shape index (κ2) is 5.43. The van der Waals surface area contributed by atoms with E-state index >= 15 is 0 Å². The Kier molecular flexibility index (Phi) is 3.66. The van der Waals surface area contributed by atoms with E-state index in [2.05, 4.69) is 0 Å². The van der Waals surface area contributed by atoms with Gasteiger partial charge in [0.1, 0.15) is 0 Å². The Morgan fingerprint density at radius 2 is 1.67 bits per heavy atom. The molecule has 4 nitrogen and oxygen atoms in total. The fourth-order valence-corrected chi connectivity index (χ4v) is 2.93. The molecule has 2 atom stereocenters. The number of hydrogen-bond acceptors (Lipinski definition) is 3. The van der Waals surface area contributed by atoms with Crippen molar-refractivity contribution in [1.29, 1.82) is 0 Å². The molecule has 1 saturated carbocycles. The van der Waals surface area contributed by atoms with Gasteiger partial charge in [-0.25, -0.2) is 0 Å². The molecule has 124 valence electrons. The molecule has 0 unspecified atom stereocenters. The Labute approximate surface area is 135 Å². The summed E-state index contributed by atoms with van der Waals surface area (Å²) in [6, 6.07) is 12.1. The molecule has 0 radical (unpaired) electrons. The molecule has 0 N–H and O–H groups in total. The van der Waals surface area contributed by atoms with Crippen molar-refractivity contribution >= 4 is 5.78 Å². The minimum absolute atomic E-state index is 0.0455. The smallest absolute Gasteiger partial charge is 0.286 e. The van der Waals surface area contributed by atoms with E-state index in [1.807, 2.05) is 0 Å². The number of hydrogen-bond donors (Lipinski definition) is 0. The van der Waals surface area contributed by atoms with E-state index in [0.717, 1.165) is 24.3 Å². The first-order chi connectivity index (χ1) is 11.3. The number of nitrogens with zero attached hydrogens (tertiary/aromatic N) is 1. The van der Waals surface area contributed by atoms with Gasteiger partial charge in [-0.05, 0) is 17.7 Å². The highest BCUT2D eigenvalue weighted by Crippen LogP contribution is 2.55. The Morgan fingerprint density at radius 1 is 1.08 bits per heavy atom. The Morgan fingerprint density at radius 3 is 2.17 bits per heavy atom. The largest absolute Gasteiger partial charge is 0.416 e. The number of ketones is 1. The van der Waals surface area contributed by atoms with Crippen LogP contribution < -0.4 is 0 Å². The number of benzene rings is 2. The summed E-state index contributed by atoms with van der Waals surface area (Å²) in [5, 5.41) is 11.5. The van der Waals surface area contributed by atoms with Crippen molar-refractivity contribution in [1.82, 2.24) is 0 Å². The number of Topliss-reactive ketones (excluding diaryl/α,β-unsaturated/α-hetero) is 1. The Bertz CT molecular complexity index is 787. The molecule has 2 aromatic rings. The second-order valence-corrected chi connectivity index (χ2v) is 5.75. The molecule has 0 spiro atoms. The lowest BCUT2D eigenvalue weighted by Gasteiger charge is -2.10. The number of alkyl halides is 3. The number of carbonyl (C=O) groups excluding carboxylic acids is 1. The fourth-order valence-electron chi connectivity index (χ4n) is 2.93. The summed E-state index contributed by atoms with van der Waals surface area (Å²) in [5.41, 5.74) is -2.10. The van der Waals surface area contributed by atoms with Crippen molar-refractivity contribution in [3.63, 3.8) is 0 Å². The van der Waals surface area contributed by atoms with Gasteiger partial charge in [-0.3, -0.25) is 14.9 Å². The molecule has 0 saturated heterocycles. The summed E-state index contributed by atoms with van der Waals surface area (Å²) in [4.78, 5) is 23.5. The van der Waals surface area contributed by atoms with Crippen molar-refractivity contribution in [3.05, 3.63) is 81.4 Å². The van der Waals surface area contributed by atoms with Crippen LogP contribution in [0.4, 0.5) is 13.2 Å².